The lowest BCUT2D eigenvalue weighted by Gasteiger charge is -2.14. The number of hydrogen-bond acceptors (Lipinski definition) is 4. The number of nitrogens with zero attached hydrogens (tertiary/aromatic N) is 2. The fraction of sp³-hybridized carbons (Fsp3) is 0.455. The molecule has 0 fully saturated rings. The maximum Gasteiger partial charge on any atom is 0.273 e. The van der Waals surface area contributed by atoms with Gasteiger partial charge in [0.2, 0.25) is 0 Å². The quantitative estimate of drug-likeness (QED) is 0.615. The van der Waals surface area contributed by atoms with Crippen molar-refractivity contribution in [3.8, 4) is 0 Å². The Kier molecular flexibility index (Phi) is 4.10. The van der Waals surface area contributed by atoms with E-state index in [-0.39, 0.29) is 10.6 Å². The van der Waals surface area contributed by atoms with E-state index in [1.54, 1.807) is 12.1 Å². The van der Waals surface area contributed by atoms with E-state index in [4.69, 9.17) is 0 Å². The summed E-state index contributed by atoms with van der Waals surface area (Å²) in [4.78, 5) is 12.2. The third kappa shape index (κ3) is 3.12. The fourth-order valence-corrected chi connectivity index (χ4v) is 1.33. The molecule has 0 bridgehead atoms. The summed E-state index contributed by atoms with van der Waals surface area (Å²) < 4.78 is 0. The second-order valence-corrected chi connectivity index (χ2v) is 3.82. The van der Waals surface area contributed by atoms with Gasteiger partial charge in [-0.05, 0) is 12.5 Å². The number of nitrogens with one attached hydrogen (secondary N) is 1. The van der Waals surface area contributed by atoms with Gasteiger partial charge in [-0.1, -0.05) is 6.92 Å². The van der Waals surface area contributed by atoms with Crippen molar-refractivity contribution in [1.29, 1.82) is 0 Å². The van der Waals surface area contributed by atoms with Crippen molar-refractivity contribution in [2.75, 3.05) is 30.9 Å². The second kappa shape index (κ2) is 5.34. The van der Waals surface area contributed by atoms with E-state index in [0.717, 1.165) is 24.3 Å². The van der Waals surface area contributed by atoms with Crippen molar-refractivity contribution in [1.82, 2.24) is 0 Å². The highest BCUT2D eigenvalue weighted by Gasteiger charge is 2.10. The van der Waals surface area contributed by atoms with Gasteiger partial charge >= 0.3 is 0 Å². The molecule has 1 aromatic rings. The number of hydrogen-bond donors (Lipinski definition) is 1. The van der Waals surface area contributed by atoms with Crippen LogP contribution in [0.4, 0.5) is 17.1 Å². The summed E-state index contributed by atoms with van der Waals surface area (Å²) in [5.74, 6) is 0. The summed E-state index contributed by atoms with van der Waals surface area (Å²) in [7, 11) is 3.73. The first kappa shape index (κ1) is 12.3. The van der Waals surface area contributed by atoms with Gasteiger partial charge in [0.25, 0.3) is 5.69 Å². The van der Waals surface area contributed by atoms with E-state index in [1.807, 2.05) is 25.1 Å². The minimum atomic E-state index is -0.371. The van der Waals surface area contributed by atoms with Crippen LogP contribution in [0.25, 0.3) is 0 Å². The molecule has 0 heterocycles. The molecule has 0 atom stereocenters. The Morgan fingerprint density at radius 2 is 2.06 bits per heavy atom. The van der Waals surface area contributed by atoms with Crippen molar-refractivity contribution in [3.05, 3.63) is 28.3 Å². The molecule has 0 aliphatic rings. The number of benzene rings is 1. The molecule has 16 heavy (non-hydrogen) atoms. The Hall–Kier alpha value is -1.78. The van der Waals surface area contributed by atoms with Crippen LogP contribution in [0.1, 0.15) is 13.3 Å². The van der Waals surface area contributed by atoms with Crippen LogP contribution in [0.2, 0.25) is 0 Å². The lowest BCUT2D eigenvalue weighted by atomic mass is 10.2. The van der Waals surface area contributed by atoms with Crippen LogP contribution >= 0.6 is 0 Å². The molecular formula is C11H17N3O2. The smallest absolute Gasteiger partial charge is 0.273 e. The minimum absolute atomic E-state index is 0.116. The second-order valence-electron chi connectivity index (χ2n) is 3.82. The molecule has 5 nitrogen and oxygen atoms in total. The summed E-state index contributed by atoms with van der Waals surface area (Å²) >= 11 is 0. The summed E-state index contributed by atoms with van der Waals surface area (Å²) in [5, 5.41) is 13.9. The number of rotatable bonds is 5. The van der Waals surface area contributed by atoms with Gasteiger partial charge in [-0.25, -0.2) is 0 Å². The molecule has 0 amide bonds. The van der Waals surface area contributed by atoms with Crippen molar-refractivity contribution in [3.63, 3.8) is 0 Å². The van der Waals surface area contributed by atoms with Crippen molar-refractivity contribution in [2.24, 2.45) is 0 Å². The Bertz CT molecular complexity index is 377. The summed E-state index contributed by atoms with van der Waals surface area (Å²) in [6, 6.07) is 5.03. The van der Waals surface area contributed by atoms with E-state index in [9.17, 15) is 10.1 Å². The van der Waals surface area contributed by atoms with Crippen LogP contribution in [0.15, 0.2) is 18.2 Å². The Morgan fingerprint density at radius 3 is 2.56 bits per heavy atom. The molecule has 0 unspecified atom stereocenters. The average Bonchev–Trinajstić information content (AvgIpc) is 2.25. The predicted molar refractivity (Wildman–Crippen MR) is 66.2 cm³/mol. The van der Waals surface area contributed by atoms with Gasteiger partial charge in [0.05, 0.1) is 4.92 Å². The third-order valence-corrected chi connectivity index (χ3v) is 2.21. The van der Waals surface area contributed by atoms with Gasteiger partial charge in [0, 0.05) is 44.1 Å². The Balaban J connectivity index is 3.03. The summed E-state index contributed by atoms with van der Waals surface area (Å²) in [5.41, 5.74) is 1.73. The molecule has 1 N–H and O–H groups in total. The topological polar surface area (TPSA) is 58.4 Å². The first-order valence-electron chi connectivity index (χ1n) is 5.25. The predicted octanol–water partition coefficient (Wildman–Crippen LogP) is 2.48. The molecule has 0 aliphatic carbocycles. The normalized spacial score (nSPS) is 9.94. The standard InChI is InChI=1S/C11H17N3O2/c1-4-5-12-9-6-10(13(2)3)8-11(7-9)14(15)16/h6-8,12H,4-5H2,1-3H3. The van der Waals surface area contributed by atoms with Gasteiger partial charge in [0.15, 0.2) is 0 Å². The molecule has 0 aliphatic heterocycles. The van der Waals surface area contributed by atoms with Crippen molar-refractivity contribution in [2.45, 2.75) is 13.3 Å². The molecule has 88 valence electrons. The largest absolute Gasteiger partial charge is 0.385 e. The van der Waals surface area contributed by atoms with E-state index >= 15 is 0 Å². The number of nitro groups is 1. The van der Waals surface area contributed by atoms with Gasteiger partial charge in [0.1, 0.15) is 0 Å². The van der Waals surface area contributed by atoms with E-state index < -0.39 is 0 Å². The molecule has 5 heteroatoms. The lowest BCUT2D eigenvalue weighted by molar-refractivity contribution is -0.384. The molecule has 0 radical (unpaired) electrons. The van der Waals surface area contributed by atoms with E-state index in [1.165, 1.54) is 0 Å². The van der Waals surface area contributed by atoms with E-state index in [0.29, 0.717) is 0 Å². The average molecular weight is 223 g/mol. The molecular weight excluding hydrogens is 206 g/mol. The molecule has 0 spiro atoms. The fourth-order valence-electron chi connectivity index (χ4n) is 1.33. The van der Waals surface area contributed by atoms with Crippen LogP contribution in [-0.4, -0.2) is 25.6 Å². The first-order valence-corrected chi connectivity index (χ1v) is 5.25. The van der Waals surface area contributed by atoms with Crippen LogP contribution in [-0.2, 0) is 0 Å². The highest BCUT2D eigenvalue weighted by molar-refractivity contribution is 5.64. The summed E-state index contributed by atoms with van der Waals surface area (Å²) in [6.07, 6.45) is 0.986. The zero-order valence-electron chi connectivity index (χ0n) is 9.86. The molecule has 0 aromatic heterocycles. The maximum atomic E-state index is 10.8. The highest BCUT2D eigenvalue weighted by atomic mass is 16.6. The van der Waals surface area contributed by atoms with Crippen LogP contribution in [0.5, 0.6) is 0 Å². The van der Waals surface area contributed by atoms with Gasteiger partial charge in [-0.2, -0.15) is 0 Å². The van der Waals surface area contributed by atoms with E-state index in [2.05, 4.69) is 12.2 Å². The van der Waals surface area contributed by atoms with Crippen LogP contribution in [0.3, 0.4) is 0 Å². The SMILES string of the molecule is CCCNc1cc(N(C)C)cc([N+](=O)[O-])c1. The van der Waals surface area contributed by atoms with Crippen molar-refractivity contribution >= 4 is 17.1 Å². The molecule has 0 saturated heterocycles. The van der Waals surface area contributed by atoms with Crippen LogP contribution < -0.4 is 10.2 Å². The zero-order valence-corrected chi connectivity index (χ0v) is 9.86. The van der Waals surface area contributed by atoms with Gasteiger partial charge < -0.3 is 10.2 Å². The molecule has 1 aromatic carbocycles. The molecule has 0 saturated carbocycles. The lowest BCUT2D eigenvalue weighted by Crippen LogP contribution is -2.10. The first-order chi connectivity index (χ1) is 7.54. The van der Waals surface area contributed by atoms with Gasteiger partial charge in [-0.15, -0.1) is 0 Å². The maximum absolute atomic E-state index is 10.8. The van der Waals surface area contributed by atoms with Crippen LogP contribution in [0, 0.1) is 10.1 Å². The summed E-state index contributed by atoms with van der Waals surface area (Å²) in [6.45, 7) is 2.87. The van der Waals surface area contributed by atoms with Gasteiger partial charge in [-0.3, -0.25) is 10.1 Å². The monoisotopic (exact) mass is 223 g/mol. The zero-order chi connectivity index (χ0) is 12.1. The molecule has 1 rings (SSSR count). The number of non-ortho nitro benzene ring substituents is 1. The highest BCUT2D eigenvalue weighted by Crippen LogP contribution is 2.25. The number of nitro benzene ring substituents is 1. The minimum Gasteiger partial charge on any atom is -0.385 e. The number of anilines is 2. The Labute approximate surface area is 95.2 Å². The third-order valence-electron chi connectivity index (χ3n) is 2.21. The Morgan fingerprint density at radius 1 is 1.38 bits per heavy atom. The van der Waals surface area contributed by atoms with Crippen molar-refractivity contribution < 1.29 is 4.92 Å².